The van der Waals surface area contributed by atoms with Gasteiger partial charge in [-0.1, -0.05) is 23.7 Å². The molecule has 0 unspecified atom stereocenters. The maximum Gasteiger partial charge on any atom is 0.229 e. The zero-order valence-corrected chi connectivity index (χ0v) is 14.1. The lowest BCUT2D eigenvalue weighted by Gasteiger charge is -2.33. The number of primary sulfonamides is 1. The molecule has 0 aromatic heterocycles. The van der Waals surface area contributed by atoms with Crippen molar-refractivity contribution in [3.8, 4) is 0 Å². The van der Waals surface area contributed by atoms with Crippen LogP contribution in [0.2, 0.25) is 5.02 Å². The number of halogens is 1. The number of amides is 1. The third kappa shape index (κ3) is 4.69. The summed E-state index contributed by atoms with van der Waals surface area (Å²) >= 11 is 5.97. The summed E-state index contributed by atoms with van der Waals surface area (Å²) < 4.78 is 22.2. The zero-order chi connectivity index (χ0) is 16.3. The van der Waals surface area contributed by atoms with Gasteiger partial charge >= 0.3 is 0 Å². The first-order valence-electron chi connectivity index (χ1n) is 7.31. The van der Waals surface area contributed by atoms with Gasteiger partial charge in [-0.2, -0.15) is 0 Å². The van der Waals surface area contributed by atoms with Crippen molar-refractivity contribution in [2.45, 2.75) is 25.7 Å². The Morgan fingerprint density at radius 3 is 2.59 bits per heavy atom. The van der Waals surface area contributed by atoms with Gasteiger partial charge in [-0.3, -0.25) is 4.79 Å². The number of piperidine rings is 1. The average molecular weight is 345 g/mol. The molecule has 1 amide bonds. The van der Waals surface area contributed by atoms with E-state index in [1.807, 2.05) is 19.1 Å². The minimum Gasteiger partial charge on any atom is -0.342 e. The van der Waals surface area contributed by atoms with E-state index in [1.165, 1.54) is 0 Å². The second-order valence-electron chi connectivity index (χ2n) is 5.87. The smallest absolute Gasteiger partial charge is 0.229 e. The number of sulfonamides is 1. The Hall–Kier alpha value is -1.11. The zero-order valence-electron chi connectivity index (χ0n) is 12.5. The Kier molecular flexibility index (Phi) is 5.47. The molecular formula is C15H21ClN2O3S. The Balaban J connectivity index is 1.95. The van der Waals surface area contributed by atoms with Gasteiger partial charge in [0.25, 0.3) is 0 Å². The molecule has 1 aliphatic heterocycles. The molecule has 5 nitrogen and oxygen atoms in total. The molecule has 2 N–H and O–H groups in total. The van der Waals surface area contributed by atoms with E-state index in [9.17, 15) is 13.2 Å². The number of nitrogens with two attached hydrogens (primary N) is 1. The van der Waals surface area contributed by atoms with Crippen LogP contribution >= 0.6 is 11.6 Å². The first kappa shape index (κ1) is 17.2. The maximum absolute atomic E-state index is 12.5. The second kappa shape index (κ2) is 6.98. The molecular weight excluding hydrogens is 324 g/mol. The highest BCUT2D eigenvalue weighted by molar-refractivity contribution is 7.89. The number of benzene rings is 1. The van der Waals surface area contributed by atoms with E-state index in [2.05, 4.69) is 0 Å². The van der Waals surface area contributed by atoms with Crippen LogP contribution in [-0.2, 0) is 14.8 Å². The molecule has 1 fully saturated rings. The van der Waals surface area contributed by atoms with E-state index in [1.54, 1.807) is 17.0 Å². The van der Waals surface area contributed by atoms with E-state index in [4.69, 9.17) is 16.7 Å². The summed E-state index contributed by atoms with van der Waals surface area (Å²) in [6.07, 6.45) is 1.34. The third-order valence-corrected chi connectivity index (χ3v) is 5.28. The van der Waals surface area contributed by atoms with Crippen LogP contribution in [0, 0.1) is 5.92 Å². The van der Waals surface area contributed by atoms with Gasteiger partial charge in [0.2, 0.25) is 15.9 Å². The van der Waals surface area contributed by atoms with Crippen molar-refractivity contribution in [3.63, 3.8) is 0 Å². The molecule has 1 atom stereocenters. The summed E-state index contributed by atoms with van der Waals surface area (Å²) in [5.74, 6) is -0.163. The predicted molar refractivity (Wildman–Crippen MR) is 87.1 cm³/mol. The molecule has 1 aliphatic rings. The van der Waals surface area contributed by atoms with Gasteiger partial charge in [0, 0.05) is 18.1 Å². The van der Waals surface area contributed by atoms with Crippen molar-refractivity contribution < 1.29 is 13.2 Å². The van der Waals surface area contributed by atoms with E-state index in [0.717, 1.165) is 5.56 Å². The summed E-state index contributed by atoms with van der Waals surface area (Å²) in [6.45, 7) is 3.01. The van der Waals surface area contributed by atoms with Crippen molar-refractivity contribution in [2.75, 3.05) is 18.8 Å². The van der Waals surface area contributed by atoms with Gasteiger partial charge < -0.3 is 4.90 Å². The van der Waals surface area contributed by atoms with Crippen molar-refractivity contribution in [1.82, 2.24) is 4.90 Å². The second-order valence-corrected chi connectivity index (χ2v) is 7.97. The van der Waals surface area contributed by atoms with Gasteiger partial charge in [0.1, 0.15) is 0 Å². The molecule has 122 valence electrons. The molecule has 2 rings (SSSR count). The van der Waals surface area contributed by atoms with Crippen molar-refractivity contribution in [2.24, 2.45) is 11.1 Å². The molecule has 0 aliphatic carbocycles. The largest absolute Gasteiger partial charge is 0.342 e. The third-order valence-electron chi connectivity index (χ3n) is 4.11. The highest BCUT2D eigenvalue weighted by Gasteiger charge is 2.28. The minimum absolute atomic E-state index is 0.00111. The quantitative estimate of drug-likeness (QED) is 0.906. The normalized spacial score (nSPS) is 18.2. The van der Waals surface area contributed by atoms with Gasteiger partial charge in [0.05, 0.1) is 11.7 Å². The monoisotopic (exact) mass is 344 g/mol. The number of hydrogen-bond acceptors (Lipinski definition) is 3. The molecule has 1 saturated heterocycles. The first-order chi connectivity index (χ1) is 10.3. The number of nitrogens with zero attached hydrogens (tertiary/aromatic N) is 1. The molecule has 22 heavy (non-hydrogen) atoms. The molecule has 0 bridgehead atoms. The summed E-state index contributed by atoms with van der Waals surface area (Å²) in [5.41, 5.74) is 0.893. The van der Waals surface area contributed by atoms with Crippen LogP contribution < -0.4 is 5.14 Å². The van der Waals surface area contributed by atoms with Crippen LogP contribution in [0.4, 0.5) is 0 Å². The summed E-state index contributed by atoms with van der Waals surface area (Å²) in [5, 5.41) is 5.69. The molecule has 0 spiro atoms. The lowest BCUT2D eigenvalue weighted by molar-refractivity contribution is -0.133. The minimum atomic E-state index is -3.44. The lowest BCUT2D eigenvalue weighted by atomic mass is 9.95. The van der Waals surface area contributed by atoms with Crippen molar-refractivity contribution in [3.05, 3.63) is 34.9 Å². The Bertz CT molecular complexity index is 640. The topological polar surface area (TPSA) is 80.5 Å². The summed E-state index contributed by atoms with van der Waals surface area (Å²) in [4.78, 5) is 14.3. The number of hydrogen-bond donors (Lipinski definition) is 1. The molecule has 1 aromatic rings. The Morgan fingerprint density at radius 2 is 2.05 bits per heavy atom. The van der Waals surface area contributed by atoms with Crippen LogP contribution in [0.25, 0.3) is 0 Å². The molecule has 0 radical (unpaired) electrons. The SMILES string of the molecule is C[C@@H](C(=O)N1CCC(CS(N)(=O)=O)CC1)c1cccc(Cl)c1. The fourth-order valence-electron chi connectivity index (χ4n) is 2.84. The highest BCUT2D eigenvalue weighted by atomic mass is 35.5. The molecule has 7 heteroatoms. The molecule has 0 saturated carbocycles. The van der Waals surface area contributed by atoms with Gasteiger partial charge in [-0.25, -0.2) is 13.6 Å². The molecule has 1 aromatic carbocycles. The molecule has 1 heterocycles. The van der Waals surface area contributed by atoms with Crippen LogP contribution in [0.1, 0.15) is 31.2 Å². The number of carbonyl (C=O) groups is 1. The highest BCUT2D eigenvalue weighted by Crippen LogP contribution is 2.25. The fraction of sp³-hybridized carbons (Fsp3) is 0.533. The number of rotatable bonds is 4. The summed E-state index contributed by atoms with van der Waals surface area (Å²) in [7, 11) is -3.44. The van der Waals surface area contributed by atoms with Gasteiger partial charge in [0.15, 0.2) is 0 Å². The van der Waals surface area contributed by atoms with Crippen LogP contribution in [0.15, 0.2) is 24.3 Å². The van der Waals surface area contributed by atoms with Crippen molar-refractivity contribution >= 4 is 27.5 Å². The Labute approximate surface area is 136 Å². The van der Waals surface area contributed by atoms with Crippen LogP contribution in [-0.4, -0.2) is 38.1 Å². The van der Waals surface area contributed by atoms with E-state index < -0.39 is 10.0 Å². The fourth-order valence-corrected chi connectivity index (χ4v) is 4.03. The maximum atomic E-state index is 12.5. The lowest BCUT2D eigenvalue weighted by Crippen LogP contribution is -2.42. The average Bonchev–Trinajstić information content (AvgIpc) is 2.45. The number of carbonyl (C=O) groups excluding carboxylic acids is 1. The van der Waals surface area contributed by atoms with Crippen molar-refractivity contribution in [1.29, 1.82) is 0 Å². The van der Waals surface area contributed by atoms with Crippen LogP contribution in [0.3, 0.4) is 0 Å². The van der Waals surface area contributed by atoms with E-state index in [-0.39, 0.29) is 23.5 Å². The van der Waals surface area contributed by atoms with Gasteiger partial charge in [-0.05, 0) is 43.4 Å². The van der Waals surface area contributed by atoms with E-state index >= 15 is 0 Å². The van der Waals surface area contributed by atoms with E-state index in [0.29, 0.717) is 31.0 Å². The Morgan fingerprint density at radius 1 is 1.41 bits per heavy atom. The standard InChI is InChI=1S/C15H21ClN2O3S/c1-11(13-3-2-4-14(16)9-13)15(19)18-7-5-12(6-8-18)10-22(17,20)21/h2-4,9,11-12H,5-8,10H2,1H3,(H2,17,20,21)/t11-/m1/s1. The summed E-state index contributed by atoms with van der Waals surface area (Å²) in [6, 6.07) is 7.31. The number of likely N-dealkylation sites (tertiary alicyclic amines) is 1. The predicted octanol–water partition coefficient (Wildman–Crippen LogP) is 1.97. The first-order valence-corrected chi connectivity index (χ1v) is 9.40. The van der Waals surface area contributed by atoms with Crippen LogP contribution in [0.5, 0.6) is 0 Å². The van der Waals surface area contributed by atoms with Gasteiger partial charge in [-0.15, -0.1) is 0 Å².